The lowest BCUT2D eigenvalue weighted by Crippen LogP contribution is -2.51. The first kappa shape index (κ1) is 13.8. The maximum absolute atomic E-state index is 12.0. The van der Waals surface area contributed by atoms with Crippen LogP contribution in [0.25, 0.3) is 0 Å². The molecule has 0 radical (unpaired) electrons. The molecule has 0 unspecified atom stereocenters. The van der Waals surface area contributed by atoms with Crippen LogP contribution in [0.1, 0.15) is 35.2 Å². The summed E-state index contributed by atoms with van der Waals surface area (Å²) in [5.74, 6) is -0.515. The summed E-state index contributed by atoms with van der Waals surface area (Å²) in [4.78, 5) is 12.0. The number of rotatable bonds is 2. The minimum Gasteiger partial charge on any atom is -0.507 e. The Kier molecular flexibility index (Phi) is 4.07. The fourth-order valence-corrected chi connectivity index (χ4v) is 2.39. The molecule has 0 aromatic heterocycles. The molecule has 1 aromatic rings. The number of aliphatic hydroxyl groups excluding tert-OH is 2. The summed E-state index contributed by atoms with van der Waals surface area (Å²) in [6.07, 6.45) is 0.166. The lowest BCUT2D eigenvalue weighted by atomic mass is 9.90. The summed E-state index contributed by atoms with van der Waals surface area (Å²) in [6.45, 7) is 1.82. The van der Waals surface area contributed by atoms with Gasteiger partial charge in [0.1, 0.15) is 5.75 Å². The number of benzene rings is 1. The van der Waals surface area contributed by atoms with Gasteiger partial charge < -0.3 is 20.6 Å². The van der Waals surface area contributed by atoms with Gasteiger partial charge in [0.25, 0.3) is 5.91 Å². The minimum absolute atomic E-state index is 0.0802. The molecule has 5 nitrogen and oxygen atoms in total. The van der Waals surface area contributed by atoms with Crippen LogP contribution in [-0.2, 0) is 0 Å². The third-order valence-corrected chi connectivity index (χ3v) is 3.54. The molecule has 0 saturated heterocycles. The van der Waals surface area contributed by atoms with Crippen molar-refractivity contribution in [2.24, 2.45) is 0 Å². The van der Waals surface area contributed by atoms with Gasteiger partial charge in [-0.3, -0.25) is 4.79 Å². The number of aryl methyl sites for hydroxylation is 1. The minimum atomic E-state index is -0.953. The number of aliphatic hydroxyl groups is 2. The van der Waals surface area contributed by atoms with Crippen LogP contribution in [-0.4, -0.2) is 39.5 Å². The Morgan fingerprint density at radius 1 is 1.32 bits per heavy atom. The van der Waals surface area contributed by atoms with E-state index in [0.29, 0.717) is 12.8 Å². The Labute approximate surface area is 111 Å². The van der Waals surface area contributed by atoms with Crippen LogP contribution < -0.4 is 5.32 Å². The Hall–Kier alpha value is -1.59. The number of carbonyl (C=O) groups excluding carboxylic acids is 1. The lowest BCUT2D eigenvalue weighted by Gasteiger charge is -2.32. The van der Waals surface area contributed by atoms with E-state index in [1.807, 2.05) is 6.92 Å². The first-order valence-corrected chi connectivity index (χ1v) is 6.45. The first-order chi connectivity index (χ1) is 8.99. The molecule has 19 heavy (non-hydrogen) atoms. The van der Waals surface area contributed by atoms with E-state index in [0.717, 1.165) is 12.0 Å². The number of amides is 1. The van der Waals surface area contributed by atoms with Gasteiger partial charge in [0.15, 0.2) is 0 Å². The molecular weight excluding hydrogens is 246 g/mol. The van der Waals surface area contributed by atoms with Crippen LogP contribution in [0.15, 0.2) is 18.2 Å². The van der Waals surface area contributed by atoms with E-state index in [9.17, 15) is 20.1 Å². The summed E-state index contributed by atoms with van der Waals surface area (Å²) in [7, 11) is 0. The summed E-state index contributed by atoms with van der Waals surface area (Å²) in [5, 5.41) is 31.8. The molecule has 0 spiro atoms. The number of aromatic hydroxyl groups is 1. The molecule has 0 bridgehead atoms. The predicted octanol–water partition coefficient (Wildman–Crippen LogP) is 0.705. The first-order valence-electron chi connectivity index (χ1n) is 6.45. The van der Waals surface area contributed by atoms with E-state index < -0.39 is 24.2 Å². The fourth-order valence-electron chi connectivity index (χ4n) is 2.39. The monoisotopic (exact) mass is 265 g/mol. The zero-order valence-corrected chi connectivity index (χ0v) is 10.8. The third-order valence-electron chi connectivity index (χ3n) is 3.54. The average Bonchev–Trinajstić information content (AvgIpc) is 2.34. The van der Waals surface area contributed by atoms with Crippen molar-refractivity contribution in [3.05, 3.63) is 29.3 Å². The van der Waals surface area contributed by atoms with Crippen LogP contribution in [0.4, 0.5) is 0 Å². The van der Waals surface area contributed by atoms with E-state index in [1.54, 1.807) is 12.1 Å². The van der Waals surface area contributed by atoms with Crippen molar-refractivity contribution in [2.75, 3.05) is 0 Å². The van der Waals surface area contributed by atoms with Gasteiger partial charge in [-0.05, 0) is 43.9 Å². The van der Waals surface area contributed by atoms with Crippen LogP contribution >= 0.6 is 0 Å². The number of hydrogen-bond acceptors (Lipinski definition) is 4. The topological polar surface area (TPSA) is 89.8 Å². The van der Waals surface area contributed by atoms with Crippen LogP contribution in [0.5, 0.6) is 5.75 Å². The number of hydrogen-bond donors (Lipinski definition) is 4. The molecule has 1 fully saturated rings. The number of carbonyl (C=O) groups is 1. The van der Waals surface area contributed by atoms with Crippen molar-refractivity contribution in [2.45, 2.75) is 44.4 Å². The number of nitrogens with one attached hydrogen (secondary N) is 1. The molecular formula is C14H19NO4. The van der Waals surface area contributed by atoms with E-state index in [4.69, 9.17) is 0 Å². The standard InChI is InChI=1S/C14H19NO4/c1-8-5-6-9(12(17)7-8)14(19)15-10-3-2-4-11(16)13(10)18/h5-7,10-11,13,16-18H,2-4H2,1H3,(H,15,19)/t10-,11-,13-/m1/s1. The van der Waals surface area contributed by atoms with Gasteiger partial charge in [-0.1, -0.05) is 6.07 Å². The Balaban J connectivity index is 2.08. The normalized spacial score (nSPS) is 27.0. The van der Waals surface area contributed by atoms with Crippen LogP contribution in [0.2, 0.25) is 0 Å². The van der Waals surface area contributed by atoms with Crippen molar-refractivity contribution < 1.29 is 20.1 Å². The molecule has 0 aliphatic heterocycles. The van der Waals surface area contributed by atoms with Crippen LogP contribution in [0, 0.1) is 6.92 Å². The van der Waals surface area contributed by atoms with E-state index in [-0.39, 0.29) is 11.3 Å². The largest absolute Gasteiger partial charge is 0.507 e. The van der Waals surface area contributed by atoms with Crippen molar-refractivity contribution in [3.63, 3.8) is 0 Å². The van der Waals surface area contributed by atoms with Crippen molar-refractivity contribution in [1.82, 2.24) is 5.32 Å². The summed E-state index contributed by atoms with van der Waals surface area (Å²) >= 11 is 0. The second-order valence-corrected chi connectivity index (χ2v) is 5.09. The molecule has 1 aliphatic rings. The smallest absolute Gasteiger partial charge is 0.255 e. The van der Waals surface area contributed by atoms with Gasteiger partial charge in [0.2, 0.25) is 0 Å². The fraction of sp³-hybridized carbons (Fsp3) is 0.500. The molecule has 2 rings (SSSR count). The molecule has 104 valence electrons. The quantitative estimate of drug-likeness (QED) is 0.634. The summed E-state index contributed by atoms with van der Waals surface area (Å²) in [5.41, 5.74) is 1.04. The number of phenolic OH excluding ortho intramolecular Hbond substituents is 1. The highest BCUT2D eigenvalue weighted by Crippen LogP contribution is 2.22. The Morgan fingerprint density at radius 3 is 2.74 bits per heavy atom. The van der Waals surface area contributed by atoms with Crippen molar-refractivity contribution in [1.29, 1.82) is 0 Å². The molecule has 5 heteroatoms. The van der Waals surface area contributed by atoms with Crippen LogP contribution in [0.3, 0.4) is 0 Å². The maximum Gasteiger partial charge on any atom is 0.255 e. The van der Waals surface area contributed by atoms with E-state index >= 15 is 0 Å². The van der Waals surface area contributed by atoms with E-state index in [1.165, 1.54) is 6.07 Å². The molecule has 0 heterocycles. The predicted molar refractivity (Wildman–Crippen MR) is 70.0 cm³/mol. The zero-order chi connectivity index (χ0) is 14.0. The van der Waals surface area contributed by atoms with Crippen molar-refractivity contribution in [3.8, 4) is 5.75 Å². The summed E-state index contributed by atoms with van der Waals surface area (Å²) < 4.78 is 0. The average molecular weight is 265 g/mol. The highest BCUT2D eigenvalue weighted by Gasteiger charge is 2.31. The molecule has 4 N–H and O–H groups in total. The highest BCUT2D eigenvalue weighted by atomic mass is 16.3. The molecule has 1 aromatic carbocycles. The SMILES string of the molecule is Cc1ccc(C(=O)N[C@@H]2CCC[C@@H](O)[C@@H]2O)c(O)c1. The van der Waals surface area contributed by atoms with Gasteiger partial charge in [-0.2, -0.15) is 0 Å². The Morgan fingerprint density at radius 2 is 2.05 bits per heavy atom. The van der Waals surface area contributed by atoms with Gasteiger partial charge in [-0.15, -0.1) is 0 Å². The van der Waals surface area contributed by atoms with Gasteiger partial charge in [0.05, 0.1) is 23.8 Å². The lowest BCUT2D eigenvalue weighted by molar-refractivity contribution is -0.0278. The molecule has 1 aliphatic carbocycles. The van der Waals surface area contributed by atoms with Gasteiger partial charge in [0, 0.05) is 0 Å². The molecule has 3 atom stereocenters. The highest BCUT2D eigenvalue weighted by molar-refractivity contribution is 5.97. The zero-order valence-electron chi connectivity index (χ0n) is 10.8. The number of phenols is 1. The van der Waals surface area contributed by atoms with Gasteiger partial charge >= 0.3 is 0 Å². The maximum atomic E-state index is 12.0. The van der Waals surface area contributed by atoms with Gasteiger partial charge in [-0.25, -0.2) is 0 Å². The summed E-state index contributed by atoms with van der Waals surface area (Å²) in [6, 6.07) is 4.32. The second-order valence-electron chi connectivity index (χ2n) is 5.09. The molecule has 1 saturated carbocycles. The third kappa shape index (κ3) is 3.05. The second kappa shape index (κ2) is 5.59. The molecule has 1 amide bonds. The van der Waals surface area contributed by atoms with E-state index in [2.05, 4.69) is 5.32 Å². The van der Waals surface area contributed by atoms with Crippen molar-refractivity contribution >= 4 is 5.91 Å². The Bertz CT molecular complexity index is 475.